The summed E-state index contributed by atoms with van der Waals surface area (Å²) >= 11 is 0. The summed E-state index contributed by atoms with van der Waals surface area (Å²) in [5, 5.41) is 0. The molecule has 0 radical (unpaired) electrons. The van der Waals surface area contributed by atoms with Crippen molar-refractivity contribution in [2.24, 2.45) is 0 Å². The molecule has 0 heterocycles. The highest BCUT2D eigenvalue weighted by Gasteiger charge is 2.19. The molecule has 0 aliphatic heterocycles. The second kappa shape index (κ2) is 62.4. The molecule has 74 heavy (non-hydrogen) atoms. The number of hydrogen-bond donors (Lipinski definition) is 0. The van der Waals surface area contributed by atoms with E-state index in [2.05, 4.69) is 93.7 Å². The van der Waals surface area contributed by atoms with E-state index in [1.165, 1.54) is 186 Å². The van der Waals surface area contributed by atoms with Gasteiger partial charge in [-0.2, -0.15) is 0 Å². The van der Waals surface area contributed by atoms with Gasteiger partial charge in [0.25, 0.3) is 0 Å². The van der Waals surface area contributed by atoms with E-state index in [0.717, 1.165) is 96.3 Å². The summed E-state index contributed by atoms with van der Waals surface area (Å²) in [7, 11) is 0. The van der Waals surface area contributed by atoms with Gasteiger partial charge in [0.1, 0.15) is 13.2 Å². The van der Waals surface area contributed by atoms with E-state index in [1.54, 1.807) is 0 Å². The van der Waals surface area contributed by atoms with Crippen LogP contribution in [0.25, 0.3) is 0 Å². The minimum atomic E-state index is -0.781. The highest BCUT2D eigenvalue weighted by molar-refractivity contribution is 5.71. The van der Waals surface area contributed by atoms with Gasteiger partial charge in [0.05, 0.1) is 0 Å². The van der Waals surface area contributed by atoms with Crippen molar-refractivity contribution in [2.45, 2.75) is 329 Å². The van der Waals surface area contributed by atoms with Gasteiger partial charge in [-0.3, -0.25) is 14.4 Å². The molecule has 0 saturated heterocycles. The van der Waals surface area contributed by atoms with Crippen molar-refractivity contribution in [2.75, 3.05) is 13.2 Å². The van der Waals surface area contributed by atoms with Crippen LogP contribution in [0.2, 0.25) is 0 Å². The molecule has 0 aliphatic rings. The van der Waals surface area contributed by atoms with Gasteiger partial charge in [-0.05, 0) is 89.9 Å². The Morgan fingerprint density at radius 2 is 0.527 bits per heavy atom. The molecule has 1 atom stereocenters. The third-order valence-electron chi connectivity index (χ3n) is 13.9. The summed E-state index contributed by atoms with van der Waals surface area (Å²) < 4.78 is 16.9. The second-order valence-corrected chi connectivity index (χ2v) is 21.3. The molecule has 428 valence electrons. The van der Waals surface area contributed by atoms with Gasteiger partial charge < -0.3 is 14.2 Å². The topological polar surface area (TPSA) is 78.9 Å². The minimum absolute atomic E-state index is 0.0765. The van der Waals surface area contributed by atoms with Crippen molar-refractivity contribution in [1.82, 2.24) is 0 Å². The minimum Gasteiger partial charge on any atom is -0.462 e. The quantitative estimate of drug-likeness (QED) is 0.0261. The fourth-order valence-electron chi connectivity index (χ4n) is 9.17. The first-order valence-corrected chi connectivity index (χ1v) is 31.9. The van der Waals surface area contributed by atoms with Gasteiger partial charge >= 0.3 is 17.9 Å². The summed E-state index contributed by atoms with van der Waals surface area (Å²) in [4.78, 5) is 38.3. The van der Waals surface area contributed by atoms with E-state index in [0.29, 0.717) is 19.3 Å². The molecule has 0 aromatic carbocycles. The molecule has 6 nitrogen and oxygen atoms in total. The van der Waals surface area contributed by atoms with Crippen LogP contribution < -0.4 is 0 Å². The highest BCUT2D eigenvalue weighted by atomic mass is 16.6. The molecular weight excluding hydrogens is 913 g/mol. The van der Waals surface area contributed by atoms with Gasteiger partial charge in [-0.25, -0.2) is 0 Å². The van der Waals surface area contributed by atoms with E-state index in [1.807, 2.05) is 0 Å². The van der Waals surface area contributed by atoms with Crippen LogP contribution in [0.5, 0.6) is 0 Å². The lowest BCUT2D eigenvalue weighted by atomic mass is 10.0. The number of carbonyl (C=O) groups excluding carboxylic acids is 3. The van der Waals surface area contributed by atoms with Crippen LogP contribution >= 0.6 is 0 Å². The molecule has 6 heteroatoms. The number of ether oxygens (including phenoxy) is 3. The zero-order valence-corrected chi connectivity index (χ0v) is 49.1. The fourth-order valence-corrected chi connectivity index (χ4v) is 9.17. The SMILES string of the molecule is CC/C=C\C/C=C\C/C=C\C/C=C\CCCCCCCCCCCCC(=O)OCC(COC(=O)CCCCCCCCCCCCCCCCC)OC(=O)CCCCCCCCC/C=C\C/C=C\CCCCCC. The number of carbonyl (C=O) groups is 3. The average Bonchev–Trinajstić information content (AvgIpc) is 3.40. The molecule has 0 saturated carbocycles. The molecule has 0 bridgehead atoms. The Morgan fingerprint density at radius 3 is 0.838 bits per heavy atom. The Morgan fingerprint density at radius 1 is 0.284 bits per heavy atom. The molecule has 0 aliphatic carbocycles. The van der Waals surface area contributed by atoms with Gasteiger partial charge in [-0.1, -0.05) is 286 Å². The van der Waals surface area contributed by atoms with Crippen molar-refractivity contribution < 1.29 is 28.6 Å². The first-order chi connectivity index (χ1) is 36.5. The number of allylic oxidation sites excluding steroid dienone is 12. The molecule has 0 N–H and O–H groups in total. The Bertz CT molecular complexity index is 1370. The van der Waals surface area contributed by atoms with Crippen molar-refractivity contribution in [3.63, 3.8) is 0 Å². The second-order valence-electron chi connectivity index (χ2n) is 21.3. The van der Waals surface area contributed by atoms with Crippen LogP contribution in [0.4, 0.5) is 0 Å². The monoisotopic (exact) mass is 1030 g/mol. The molecular formula is C68H120O6. The highest BCUT2D eigenvalue weighted by Crippen LogP contribution is 2.17. The maximum absolute atomic E-state index is 12.9. The largest absolute Gasteiger partial charge is 0.462 e. The van der Waals surface area contributed by atoms with Crippen LogP contribution in [0, 0.1) is 0 Å². The lowest BCUT2D eigenvalue weighted by Gasteiger charge is -2.18. The number of unbranched alkanes of at least 4 members (excludes halogenated alkanes) is 35. The number of rotatable bonds is 58. The number of hydrogen-bond acceptors (Lipinski definition) is 6. The van der Waals surface area contributed by atoms with Gasteiger partial charge in [0.2, 0.25) is 0 Å². The van der Waals surface area contributed by atoms with Crippen molar-refractivity contribution in [1.29, 1.82) is 0 Å². The number of esters is 3. The third kappa shape index (κ3) is 59.7. The van der Waals surface area contributed by atoms with E-state index in [4.69, 9.17) is 14.2 Å². The summed E-state index contributed by atoms with van der Waals surface area (Å²) in [5.74, 6) is -0.872. The molecule has 0 rings (SSSR count). The lowest BCUT2D eigenvalue weighted by molar-refractivity contribution is -0.167. The summed E-state index contributed by atoms with van der Waals surface area (Å²) in [6.45, 7) is 6.54. The van der Waals surface area contributed by atoms with Crippen molar-refractivity contribution >= 4 is 17.9 Å². The Labute approximate surface area is 459 Å². The maximum Gasteiger partial charge on any atom is 0.306 e. The van der Waals surface area contributed by atoms with Crippen LogP contribution in [0.3, 0.4) is 0 Å². The first kappa shape index (κ1) is 70.8. The van der Waals surface area contributed by atoms with E-state index in [-0.39, 0.29) is 31.1 Å². The first-order valence-electron chi connectivity index (χ1n) is 31.9. The van der Waals surface area contributed by atoms with Gasteiger partial charge in [0, 0.05) is 19.3 Å². The predicted molar refractivity (Wildman–Crippen MR) is 321 cm³/mol. The molecule has 0 amide bonds. The Balaban J connectivity index is 4.35. The zero-order valence-electron chi connectivity index (χ0n) is 49.1. The molecule has 0 fully saturated rings. The maximum atomic E-state index is 12.9. The van der Waals surface area contributed by atoms with Crippen LogP contribution in [-0.4, -0.2) is 37.2 Å². The molecule has 0 spiro atoms. The zero-order chi connectivity index (χ0) is 53.6. The van der Waals surface area contributed by atoms with Gasteiger partial charge in [0.15, 0.2) is 6.10 Å². The smallest absolute Gasteiger partial charge is 0.306 e. The van der Waals surface area contributed by atoms with Crippen LogP contribution in [0.15, 0.2) is 72.9 Å². The Kier molecular flexibility index (Phi) is 59.7. The van der Waals surface area contributed by atoms with Crippen molar-refractivity contribution in [3.05, 3.63) is 72.9 Å². The molecule has 0 aromatic heterocycles. The van der Waals surface area contributed by atoms with Crippen LogP contribution in [0.1, 0.15) is 323 Å². The average molecular weight is 1030 g/mol. The lowest BCUT2D eigenvalue weighted by Crippen LogP contribution is -2.30. The normalized spacial score (nSPS) is 12.5. The van der Waals surface area contributed by atoms with E-state index in [9.17, 15) is 14.4 Å². The standard InChI is InChI=1S/C68H120O6/c1-4-7-10-13-16-19-22-25-28-30-32-33-34-35-36-38-40-43-46-49-52-55-58-61-67(70)73-64-65(63-72-66(69)60-57-54-51-48-45-42-39-27-24-21-18-15-12-9-6-3)74-68(71)62-59-56-53-50-47-44-41-37-31-29-26-23-20-17-14-11-8-5-2/h7,10,16,19-20,23,25,28-29,31-33,65H,4-6,8-9,11-15,17-18,21-22,24,26-27,30,34-64H2,1-3H3/b10-7-,19-16-,23-20-,28-25-,31-29-,33-32-. The third-order valence-corrected chi connectivity index (χ3v) is 13.9. The van der Waals surface area contributed by atoms with Gasteiger partial charge in [-0.15, -0.1) is 0 Å². The van der Waals surface area contributed by atoms with Crippen molar-refractivity contribution in [3.8, 4) is 0 Å². The van der Waals surface area contributed by atoms with E-state index >= 15 is 0 Å². The summed E-state index contributed by atoms with van der Waals surface area (Å²) in [6.07, 6.45) is 80.4. The summed E-state index contributed by atoms with van der Waals surface area (Å²) in [6, 6.07) is 0. The molecule has 1 unspecified atom stereocenters. The predicted octanol–water partition coefficient (Wildman–Crippen LogP) is 21.7. The van der Waals surface area contributed by atoms with Crippen LogP contribution in [-0.2, 0) is 28.6 Å². The van der Waals surface area contributed by atoms with E-state index < -0.39 is 6.10 Å². The Hall–Kier alpha value is -3.15. The molecule has 0 aromatic rings. The summed E-state index contributed by atoms with van der Waals surface area (Å²) in [5.41, 5.74) is 0. The fraction of sp³-hybridized carbons (Fsp3) is 0.779.